The van der Waals surface area contributed by atoms with E-state index in [0.717, 1.165) is 0 Å². The first-order chi connectivity index (χ1) is 9.54. The molecular weight excluding hydrogens is 266 g/mol. The van der Waals surface area contributed by atoms with E-state index in [4.69, 9.17) is 9.47 Å². The molecule has 0 N–H and O–H groups in total. The van der Waals surface area contributed by atoms with Gasteiger partial charge in [0.05, 0.1) is 0 Å². The Hall–Kier alpha value is -2.43. The van der Waals surface area contributed by atoms with Crippen molar-refractivity contribution in [2.75, 3.05) is 0 Å². The fourth-order valence-corrected chi connectivity index (χ4v) is 1.47. The third-order valence-electron chi connectivity index (χ3n) is 2.49. The van der Waals surface area contributed by atoms with Crippen LogP contribution in [0, 0.1) is 11.6 Å². The molecule has 1 unspecified atom stereocenters. The molecule has 0 aliphatic heterocycles. The van der Waals surface area contributed by atoms with Crippen LogP contribution in [-0.4, -0.2) is 12.1 Å². The smallest absolute Gasteiger partial charge is 0.352 e. The standard InChI is InChI=1S/C15H12F2O3/c1-10(19-13-6-2-11(16)3-7-13)15(18)20-14-8-4-12(17)5-9-14/h2-10H,1H3. The van der Waals surface area contributed by atoms with E-state index in [1.165, 1.54) is 55.5 Å². The number of carbonyl (C=O) groups excluding carboxylic acids is 1. The van der Waals surface area contributed by atoms with Gasteiger partial charge < -0.3 is 9.47 Å². The molecule has 0 bridgehead atoms. The molecule has 1 atom stereocenters. The summed E-state index contributed by atoms with van der Waals surface area (Å²) in [5, 5.41) is 0. The molecule has 0 fully saturated rings. The van der Waals surface area contributed by atoms with Gasteiger partial charge in [0.1, 0.15) is 23.1 Å². The quantitative estimate of drug-likeness (QED) is 0.635. The van der Waals surface area contributed by atoms with Gasteiger partial charge in [-0.25, -0.2) is 13.6 Å². The maximum Gasteiger partial charge on any atom is 0.352 e. The zero-order valence-corrected chi connectivity index (χ0v) is 10.7. The Bertz CT molecular complexity index is 579. The van der Waals surface area contributed by atoms with Gasteiger partial charge in [0, 0.05) is 0 Å². The second-order valence-electron chi connectivity index (χ2n) is 4.09. The lowest BCUT2D eigenvalue weighted by Gasteiger charge is -2.13. The molecule has 20 heavy (non-hydrogen) atoms. The lowest BCUT2D eigenvalue weighted by atomic mass is 10.3. The second kappa shape index (κ2) is 6.14. The zero-order chi connectivity index (χ0) is 14.5. The van der Waals surface area contributed by atoms with E-state index >= 15 is 0 Å². The van der Waals surface area contributed by atoms with Crippen molar-refractivity contribution in [1.29, 1.82) is 0 Å². The molecule has 2 aromatic rings. The highest BCUT2D eigenvalue weighted by atomic mass is 19.1. The highest BCUT2D eigenvalue weighted by Crippen LogP contribution is 2.15. The van der Waals surface area contributed by atoms with Crippen LogP contribution in [0.2, 0.25) is 0 Å². The Balaban J connectivity index is 1.94. The third kappa shape index (κ3) is 3.78. The molecular formula is C15H12F2O3. The molecule has 0 saturated carbocycles. The molecule has 0 aliphatic rings. The van der Waals surface area contributed by atoms with Crippen LogP contribution in [0.15, 0.2) is 48.5 Å². The van der Waals surface area contributed by atoms with Crippen molar-refractivity contribution in [2.45, 2.75) is 13.0 Å². The molecule has 0 amide bonds. The minimum absolute atomic E-state index is 0.228. The molecule has 104 valence electrons. The van der Waals surface area contributed by atoms with E-state index in [2.05, 4.69) is 0 Å². The van der Waals surface area contributed by atoms with E-state index in [1.54, 1.807) is 0 Å². The molecule has 0 heterocycles. The highest BCUT2D eigenvalue weighted by molar-refractivity contribution is 5.77. The van der Waals surface area contributed by atoms with Gasteiger partial charge >= 0.3 is 5.97 Å². The van der Waals surface area contributed by atoms with Crippen molar-refractivity contribution >= 4 is 5.97 Å². The minimum Gasteiger partial charge on any atom is -0.479 e. The van der Waals surface area contributed by atoms with Crippen LogP contribution in [0.3, 0.4) is 0 Å². The minimum atomic E-state index is -0.870. The topological polar surface area (TPSA) is 35.5 Å². The first kappa shape index (κ1) is 14.0. The Morgan fingerprint density at radius 3 is 1.85 bits per heavy atom. The third-order valence-corrected chi connectivity index (χ3v) is 2.49. The zero-order valence-electron chi connectivity index (χ0n) is 10.7. The summed E-state index contributed by atoms with van der Waals surface area (Å²) in [6, 6.07) is 10.4. The SMILES string of the molecule is CC(Oc1ccc(F)cc1)C(=O)Oc1ccc(F)cc1. The largest absolute Gasteiger partial charge is 0.479 e. The fraction of sp³-hybridized carbons (Fsp3) is 0.133. The molecule has 2 rings (SSSR count). The summed E-state index contributed by atoms with van der Waals surface area (Å²) in [5.41, 5.74) is 0. The van der Waals surface area contributed by atoms with Gasteiger partial charge in [-0.2, -0.15) is 0 Å². The number of halogens is 2. The first-order valence-corrected chi connectivity index (χ1v) is 5.94. The average molecular weight is 278 g/mol. The molecule has 0 radical (unpaired) electrons. The molecule has 5 heteroatoms. The van der Waals surface area contributed by atoms with Crippen LogP contribution < -0.4 is 9.47 Å². The van der Waals surface area contributed by atoms with Gasteiger partial charge in [-0.1, -0.05) is 0 Å². The molecule has 0 saturated heterocycles. The van der Waals surface area contributed by atoms with E-state index in [9.17, 15) is 13.6 Å². The number of hydrogen-bond acceptors (Lipinski definition) is 3. The first-order valence-electron chi connectivity index (χ1n) is 5.94. The van der Waals surface area contributed by atoms with Crippen molar-refractivity contribution in [3.05, 3.63) is 60.2 Å². The van der Waals surface area contributed by atoms with E-state index in [0.29, 0.717) is 5.75 Å². The summed E-state index contributed by atoms with van der Waals surface area (Å²) in [4.78, 5) is 11.8. The molecule has 0 aromatic heterocycles. The van der Waals surface area contributed by atoms with Crippen LogP contribution in [-0.2, 0) is 4.79 Å². The van der Waals surface area contributed by atoms with Crippen molar-refractivity contribution < 1.29 is 23.0 Å². The number of esters is 1. The molecule has 3 nitrogen and oxygen atoms in total. The van der Waals surface area contributed by atoms with Gasteiger partial charge in [-0.15, -0.1) is 0 Å². The predicted octanol–water partition coefficient (Wildman–Crippen LogP) is 3.34. The summed E-state index contributed by atoms with van der Waals surface area (Å²) in [6.07, 6.45) is -0.870. The Morgan fingerprint density at radius 2 is 1.35 bits per heavy atom. The number of rotatable bonds is 4. The van der Waals surface area contributed by atoms with E-state index in [1.807, 2.05) is 0 Å². The Morgan fingerprint density at radius 1 is 0.900 bits per heavy atom. The molecule has 2 aromatic carbocycles. The summed E-state index contributed by atoms with van der Waals surface area (Å²) < 4.78 is 35.8. The number of hydrogen-bond donors (Lipinski definition) is 0. The maximum absolute atomic E-state index is 12.7. The summed E-state index contributed by atoms with van der Waals surface area (Å²) in [7, 11) is 0. The average Bonchev–Trinajstić information content (AvgIpc) is 2.44. The van der Waals surface area contributed by atoms with E-state index < -0.39 is 17.9 Å². The van der Waals surface area contributed by atoms with Crippen LogP contribution in [0.4, 0.5) is 8.78 Å². The van der Waals surface area contributed by atoms with Crippen LogP contribution in [0.1, 0.15) is 6.92 Å². The lowest BCUT2D eigenvalue weighted by Crippen LogP contribution is -2.28. The van der Waals surface area contributed by atoms with Crippen molar-refractivity contribution in [3.63, 3.8) is 0 Å². The van der Waals surface area contributed by atoms with Gasteiger partial charge in [0.2, 0.25) is 0 Å². The summed E-state index contributed by atoms with van der Waals surface area (Å²) >= 11 is 0. The summed E-state index contributed by atoms with van der Waals surface area (Å²) in [6.45, 7) is 1.51. The van der Waals surface area contributed by atoms with Crippen molar-refractivity contribution in [2.24, 2.45) is 0 Å². The van der Waals surface area contributed by atoms with Gasteiger partial charge in [0.15, 0.2) is 6.10 Å². The van der Waals surface area contributed by atoms with Crippen LogP contribution >= 0.6 is 0 Å². The molecule has 0 spiro atoms. The Kier molecular flexibility index (Phi) is 4.30. The van der Waals surface area contributed by atoms with Gasteiger partial charge in [-0.3, -0.25) is 0 Å². The number of benzene rings is 2. The predicted molar refractivity (Wildman–Crippen MR) is 68.5 cm³/mol. The van der Waals surface area contributed by atoms with Crippen LogP contribution in [0.25, 0.3) is 0 Å². The number of ether oxygens (including phenoxy) is 2. The lowest BCUT2D eigenvalue weighted by molar-refractivity contribution is -0.141. The Labute approximate surface area is 114 Å². The van der Waals surface area contributed by atoms with Gasteiger partial charge in [0.25, 0.3) is 0 Å². The second-order valence-corrected chi connectivity index (χ2v) is 4.09. The fourth-order valence-electron chi connectivity index (χ4n) is 1.47. The normalized spacial score (nSPS) is 11.8. The highest BCUT2D eigenvalue weighted by Gasteiger charge is 2.17. The number of carbonyl (C=O) groups is 1. The van der Waals surface area contributed by atoms with E-state index in [-0.39, 0.29) is 11.6 Å². The van der Waals surface area contributed by atoms with Gasteiger partial charge in [-0.05, 0) is 55.5 Å². The van der Waals surface area contributed by atoms with Crippen molar-refractivity contribution in [1.82, 2.24) is 0 Å². The maximum atomic E-state index is 12.7. The summed E-state index contributed by atoms with van der Waals surface area (Å²) in [5.74, 6) is -0.846. The van der Waals surface area contributed by atoms with Crippen molar-refractivity contribution in [3.8, 4) is 11.5 Å². The monoisotopic (exact) mass is 278 g/mol. The van der Waals surface area contributed by atoms with Crippen LogP contribution in [0.5, 0.6) is 11.5 Å². The molecule has 0 aliphatic carbocycles.